The molecule has 0 aliphatic carbocycles. The number of hydrogen-bond acceptors (Lipinski definition) is 9. The summed E-state index contributed by atoms with van der Waals surface area (Å²) in [7, 11) is -3.49. The van der Waals surface area contributed by atoms with Gasteiger partial charge in [0.2, 0.25) is 10.0 Å². The van der Waals surface area contributed by atoms with Crippen LogP contribution >= 0.6 is 11.3 Å². The van der Waals surface area contributed by atoms with Crippen LogP contribution in [-0.2, 0) is 24.6 Å². The largest absolute Gasteiger partial charge is 0.373 e. The summed E-state index contributed by atoms with van der Waals surface area (Å²) in [6.07, 6.45) is 0.706. The molecule has 2 atom stereocenters. The zero-order chi connectivity index (χ0) is 27.8. The molecule has 13 heteroatoms. The van der Waals surface area contributed by atoms with Gasteiger partial charge in [-0.1, -0.05) is 17.4 Å². The number of nitrogens with zero attached hydrogens (tertiary/aromatic N) is 4. The standard InChI is InChI=1S/C25H32N4O6S3/c1-17-15-28(16-18(2)35-17)38(33,34)20-11-9-19(10-12-20)24(30)29(14-13-27(3)4)25-26-23-21(36-25)7-6-8-22(23)37(5,31)32/h6-12,17-18H,13-16H2,1-5H3. The van der Waals surface area contributed by atoms with Crippen molar-refractivity contribution in [2.24, 2.45) is 0 Å². The molecule has 1 saturated heterocycles. The number of morpholine rings is 1. The number of anilines is 1. The van der Waals surface area contributed by atoms with Crippen LogP contribution in [0.5, 0.6) is 0 Å². The van der Waals surface area contributed by atoms with Gasteiger partial charge in [-0.15, -0.1) is 0 Å². The lowest BCUT2D eigenvalue weighted by atomic mass is 10.2. The number of carbonyl (C=O) groups is 1. The third-order valence-corrected chi connectivity index (χ3v) is 10.2. The van der Waals surface area contributed by atoms with Crippen LogP contribution in [0.3, 0.4) is 0 Å². The maximum absolute atomic E-state index is 13.6. The van der Waals surface area contributed by atoms with E-state index in [-0.39, 0.29) is 41.0 Å². The number of sulfonamides is 1. The summed E-state index contributed by atoms with van der Waals surface area (Å²) in [4.78, 5) is 21.8. The molecular weight excluding hydrogens is 548 g/mol. The molecule has 1 aromatic heterocycles. The van der Waals surface area contributed by atoms with Crippen LogP contribution in [-0.4, -0.2) is 95.7 Å². The molecule has 0 bridgehead atoms. The number of hydrogen-bond donors (Lipinski definition) is 0. The van der Waals surface area contributed by atoms with Crippen molar-refractivity contribution in [3.63, 3.8) is 0 Å². The number of amides is 1. The number of fused-ring (bicyclic) bond motifs is 1. The van der Waals surface area contributed by atoms with Gasteiger partial charge in [-0.25, -0.2) is 21.8 Å². The fourth-order valence-electron chi connectivity index (χ4n) is 4.31. The molecule has 1 amide bonds. The number of sulfone groups is 1. The van der Waals surface area contributed by atoms with Crippen molar-refractivity contribution in [2.45, 2.75) is 35.8 Å². The highest BCUT2D eigenvalue weighted by Gasteiger charge is 2.32. The highest BCUT2D eigenvalue weighted by molar-refractivity contribution is 7.91. The number of para-hydroxylation sites is 1. The summed E-state index contributed by atoms with van der Waals surface area (Å²) >= 11 is 1.23. The van der Waals surface area contributed by atoms with Crippen molar-refractivity contribution in [1.29, 1.82) is 0 Å². The normalized spacial score (nSPS) is 19.2. The second-order valence-electron chi connectivity index (χ2n) is 9.74. The van der Waals surface area contributed by atoms with E-state index in [2.05, 4.69) is 4.98 Å². The lowest BCUT2D eigenvalue weighted by Gasteiger charge is -2.34. The molecule has 0 spiro atoms. The van der Waals surface area contributed by atoms with Gasteiger partial charge in [0.15, 0.2) is 15.0 Å². The third kappa shape index (κ3) is 6.08. The Morgan fingerprint density at radius 2 is 1.66 bits per heavy atom. The van der Waals surface area contributed by atoms with Crippen molar-refractivity contribution in [1.82, 2.24) is 14.2 Å². The molecule has 2 unspecified atom stereocenters. The highest BCUT2D eigenvalue weighted by Crippen LogP contribution is 2.33. The smallest absolute Gasteiger partial charge is 0.260 e. The minimum Gasteiger partial charge on any atom is -0.373 e. The average molecular weight is 581 g/mol. The number of ether oxygens (including phenoxy) is 1. The third-order valence-electron chi connectivity index (χ3n) is 6.14. The van der Waals surface area contributed by atoms with Crippen LogP contribution in [0.2, 0.25) is 0 Å². The molecule has 38 heavy (non-hydrogen) atoms. The van der Waals surface area contributed by atoms with Gasteiger partial charge in [0, 0.05) is 38.0 Å². The molecule has 0 radical (unpaired) electrons. The van der Waals surface area contributed by atoms with E-state index in [1.54, 1.807) is 12.1 Å². The topological polar surface area (TPSA) is 117 Å². The maximum atomic E-state index is 13.6. The van der Waals surface area contributed by atoms with E-state index in [1.807, 2.05) is 32.8 Å². The van der Waals surface area contributed by atoms with Gasteiger partial charge in [-0.05, 0) is 64.3 Å². The van der Waals surface area contributed by atoms with Crippen LogP contribution < -0.4 is 4.90 Å². The molecule has 2 heterocycles. The van der Waals surface area contributed by atoms with Crippen LogP contribution in [0, 0.1) is 0 Å². The minimum atomic E-state index is -3.75. The molecule has 10 nitrogen and oxygen atoms in total. The molecule has 3 aromatic rings. The lowest BCUT2D eigenvalue weighted by molar-refractivity contribution is -0.0440. The number of aromatic nitrogens is 1. The van der Waals surface area contributed by atoms with Crippen LogP contribution in [0.25, 0.3) is 10.2 Å². The average Bonchev–Trinajstić information content (AvgIpc) is 3.26. The van der Waals surface area contributed by atoms with E-state index in [9.17, 15) is 21.6 Å². The molecule has 1 aliphatic heterocycles. The summed E-state index contributed by atoms with van der Waals surface area (Å²) in [5.74, 6) is -0.357. The van der Waals surface area contributed by atoms with Gasteiger partial charge < -0.3 is 9.64 Å². The molecule has 0 N–H and O–H groups in total. The zero-order valence-electron chi connectivity index (χ0n) is 22.0. The second kappa shape index (κ2) is 11.0. The Hall–Kier alpha value is -2.42. The highest BCUT2D eigenvalue weighted by atomic mass is 32.2. The predicted molar refractivity (Wildman–Crippen MR) is 148 cm³/mol. The Kier molecular flexibility index (Phi) is 8.26. The SMILES string of the molecule is CC1CN(S(=O)(=O)c2ccc(C(=O)N(CCN(C)C)c3nc4c(S(C)(=O)=O)cccc4s3)cc2)CC(C)O1. The van der Waals surface area contributed by atoms with Crippen LogP contribution in [0.15, 0.2) is 52.3 Å². The second-order valence-corrected chi connectivity index (χ2v) is 14.7. The Labute approximate surface area is 227 Å². The van der Waals surface area contributed by atoms with E-state index in [0.29, 0.717) is 34.0 Å². The van der Waals surface area contributed by atoms with E-state index in [0.717, 1.165) is 6.26 Å². The molecule has 1 fully saturated rings. The zero-order valence-corrected chi connectivity index (χ0v) is 24.4. The Balaban J connectivity index is 1.66. The molecule has 1 aliphatic rings. The minimum absolute atomic E-state index is 0.105. The van der Waals surface area contributed by atoms with Gasteiger partial charge in [0.25, 0.3) is 5.91 Å². The first-order chi connectivity index (χ1) is 17.8. The lowest BCUT2D eigenvalue weighted by Crippen LogP contribution is -2.48. The number of likely N-dealkylation sites (N-methyl/N-ethyl adjacent to an activating group) is 1. The molecule has 206 valence electrons. The summed E-state index contributed by atoms with van der Waals surface area (Å²) < 4.78 is 58.7. The predicted octanol–water partition coefficient (Wildman–Crippen LogP) is 2.71. The summed E-state index contributed by atoms with van der Waals surface area (Å²) in [6, 6.07) is 10.8. The number of rotatable bonds is 8. The monoisotopic (exact) mass is 580 g/mol. The first-order valence-electron chi connectivity index (χ1n) is 12.1. The summed E-state index contributed by atoms with van der Waals surface area (Å²) in [6.45, 7) is 5.05. The Morgan fingerprint density at radius 1 is 1.03 bits per heavy atom. The number of carbonyl (C=O) groups excluding carboxylic acids is 1. The quantitative estimate of drug-likeness (QED) is 0.399. The molecule has 4 rings (SSSR count). The van der Waals surface area contributed by atoms with Gasteiger partial charge >= 0.3 is 0 Å². The fourth-order valence-corrected chi connectivity index (χ4v) is 7.82. The molecular formula is C25H32N4O6S3. The van der Waals surface area contributed by atoms with Crippen LogP contribution in [0.4, 0.5) is 5.13 Å². The van der Waals surface area contributed by atoms with Gasteiger partial charge in [0.1, 0.15) is 5.52 Å². The molecule has 2 aromatic carbocycles. The van der Waals surface area contributed by atoms with Gasteiger partial charge in [0.05, 0.1) is 26.7 Å². The van der Waals surface area contributed by atoms with Crippen molar-refractivity contribution < 1.29 is 26.4 Å². The van der Waals surface area contributed by atoms with Gasteiger partial charge in [-0.3, -0.25) is 9.69 Å². The fraction of sp³-hybridized carbons (Fsp3) is 0.440. The number of thiazole rings is 1. The molecule has 0 saturated carbocycles. The summed E-state index contributed by atoms with van der Waals surface area (Å²) in [5, 5.41) is 0.371. The van der Waals surface area contributed by atoms with E-state index in [1.165, 1.54) is 50.9 Å². The van der Waals surface area contributed by atoms with Gasteiger partial charge in [-0.2, -0.15) is 4.31 Å². The Morgan fingerprint density at radius 3 is 2.24 bits per heavy atom. The van der Waals surface area contributed by atoms with Crippen molar-refractivity contribution >= 4 is 52.5 Å². The summed E-state index contributed by atoms with van der Waals surface area (Å²) in [5.41, 5.74) is 0.627. The maximum Gasteiger partial charge on any atom is 0.260 e. The first-order valence-corrected chi connectivity index (χ1v) is 16.2. The van der Waals surface area contributed by atoms with Crippen molar-refractivity contribution in [3.8, 4) is 0 Å². The van der Waals surface area contributed by atoms with Crippen molar-refractivity contribution in [3.05, 3.63) is 48.0 Å². The first kappa shape index (κ1) is 28.6. The number of benzene rings is 2. The van der Waals surface area contributed by atoms with E-state index >= 15 is 0 Å². The van der Waals surface area contributed by atoms with Crippen LogP contribution in [0.1, 0.15) is 24.2 Å². The Bertz CT molecular complexity index is 1520. The van der Waals surface area contributed by atoms with E-state index in [4.69, 9.17) is 4.74 Å². The van der Waals surface area contributed by atoms with Crippen molar-refractivity contribution in [2.75, 3.05) is 51.4 Å². The van der Waals surface area contributed by atoms with E-state index < -0.39 is 19.9 Å².